The smallest absolute Gasteiger partial charge is 0.365 e. The fourth-order valence-corrected chi connectivity index (χ4v) is 1.45. The van der Waals surface area contributed by atoms with E-state index in [-0.39, 0.29) is 18.9 Å². The standard InChI is InChI=1S/C8H13F3N2O2/c1-15-7(8(9,10)11)4-13(5-7)6(14)2-3-12/h2-5,12H2,1H3. The number of nitrogens with two attached hydrogens (primary N) is 1. The molecule has 0 spiro atoms. The number of methoxy groups -OCH3 is 1. The van der Waals surface area contributed by atoms with Gasteiger partial charge in [-0.15, -0.1) is 0 Å². The SMILES string of the molecule is COC1(C(F)(F)F)CN(C(=O)CCN)C1. The topological polar surface area (TPSA) is 55.6 Å². The number of alkyl halides is 3. The van der Waals surface area contributed by atoms with Crippen molar-refractivity contribution in [1.29, 1.82) is 0 Å². The van der Waals surface area contributed by atoms with Gasteiger partial charge in [-0.1, -0.05) is 0 Å². The summed E-state index contributed by atoms with van der Waals surface area (Å²) >= 11 is 0. The van der Waals surface area contributed by atoms with Gasteiger partial charge in [0.25, 0.3) is 0 Å². The molecule has 7 heteroatoms. The van der Waals surface area contributed by atoms with Crippen molar-refractivity contribution < 1.29 is 22.7 Å². The Hall–Kier alpha value is -0.820. The minimum absolute atomic E-state index is 0.0671. The number of hydrogen-bond donors (Lipinski definition) is 1. The molecule has 1 saturated heterocycles. The summed E-state index contributed by atoms with van der Waals surface area (Å²) in [7, 11) is 0.998. The van der Waals surface area contributed by atoms with Crippen molar-refractivity contribution in [3.05, 3.63) is 0 Å². The van der Waals surface area contributed by atoms with Crippen LogP contribution in [0.2, 0.25) is 0 Å². The van der Waals surface area contributed by atoms with Gasteiger partial charge in [0, 0.05) is 20.1 Å². The monoisotopic (exact) mass is 226 g/mol. The van der Waals surface area contributed by atoms with Crippen LogP contribution in [0, 0.1) is 0 Å². The molecule has 1 rings (SSSR count). The Morgan fingerprint density at radius 2 is 2.07 bits per heavy atom. The molecule has 0 aromatic carbocycles. The van der Waals surface area contributed by atoms with Crippen molar-refractivity contribution in [1.82, 2.24) is 4.90 Å². The van der Waals surface area contributed by atoms with Crippen LogP contribution >= 0.6 is 0 Å². The molecule has 4 nitrogen and oxygen atoms in total. The molecule has 0 saturated carbocycles. The third-order valence-corrected chi connectivity index (χ3v) is 2.51. The lowest BCUT2D eigenvalue weighted by Gasteiger charge is -2.49. The zero-order valence-electron chi connectivity index (χ0n) is 8.30. The van der Waals surface area contributed by atoms with Crippen molar-refractivity contribution >= 4 is 5.91 Å². The number of amides is 1. The van der Waals surface area contributed by atoms with Gasteiger partial charge in [-0.05, 0) is 0 Å². The fraction of sp³-hybridized carbons (Fsp3) is 0.875. The second kappa shape index (κ2) is 3.97. The van der Waals surface area contributed by atoms with E-state index in [1.807, 2.05) is 0 Å². The molecule has 0 atom stereocenters. The van der Waals surface area contributed by atoms with Crippen molar-refractivity contribution in [3.8, 4) is 0 Å². The summed E-state index contributed by atoms with van der Waals surface area (Å²) in [5.74, 6) is -0.366. The molecule has 0 aromatic rings. The van der Waals surface area contributed by atoms with Crippen LogP contribution < -0.4 is 5.73 Å². The minimum atomic E-state index is -4.44. The van der Waals surface area contributed by atoms with E-state index in [1.165, 1.54) is 0 Å². The summed E-state index contributed by atoms with van der Waals surface area (Å²) in [5, 5.41) is 0. The number of likely N-dealkylation sites (tertiary alicyclic amines) is 1. The fourth-order valence-electron chi connectivity index (χ4n) is 1.45. The first kappa shape index (κ1) is 12.3. The van der Waals surface area contributed by atoms with Gasteiger partial charge in [0.15, 0.2) is 5.60 Å². The Kier molecular flexibility index (Phi) is 3.25. The van der Waals surface area contributed by atoms with Crippen LogP contribution in [0.1, 0.15) is 6.42 Å². The van der Waals surface area contributed by atoms with Crippen LogP contribution in [0.4, 0.5) is 13.2 Å². The highest BCUT2D eigenvalue weighted by atomic mass is 19.4. The third kappa shape index (κ3) is 2.07. The van der Waals surface area contributed by atoms with Crippen LogP contribution in [0.25, 0.3) is 0 Å². The zero-order chi connectivity index (χ0) is 11.7. The largest absolute Gasteiger partial charge is 0.420 e. The lowest BCUT2D eigenvalue weighted by Crippen LogP contribution is -2.71. The van der Waals surface area contributed by atoms with Crippen LogP contribution in [0.3, 0.4) is 0 Å². The summed E-state index contributed by atoms with van der Waals surface area (Å²) in [6.45, 7) is -0.737. The van der Waals surface area contributed by atoms with Gasteiger partial charge in [0.05, 0.1) is 13.1 Å². The Balaban J connectivity index is 2.56. The molecule has 1 heterocycles. The van der Waals surface area contributed by atoms with Gasteiger partial charge in [0.1, 0.15) is 0 Å². The minimum Gasteiger partial charge on any atom is -0.365 e. The molecule has 0 aromatic heterocycles. The van der Waals surface area contributed by atoms with Gasteiger partial charge >= 0.3 is 6.18 Å². The first-order valence-electron chi connectivity index (χ1n) is 4.46. The number of halogens is 3. The van der Waals surface area contributed by atoms with Crippen LogP contribution in [0.5, 0.6) is 0 Å². The maximum absolute atomic E-state index is 12.5. The van der Waals surface area contributed by atoms with Crippen LogP contribution in [-0.2, 0) is 9.53 Å². The lowest BCUT2D eigenvalue weighted by atomic mass is 9.92. The van der Waals surface area contributed by atoms with E-state index in [1.54, 1.807) is 0 Å². The molecule has 0 aliphatic carbocycles. The molecular weight excluding hydrogens is 213 g/mol. The van der Waals surface area contributed by atoms with Gasteiger partial charge in [0.2, 0.25) is 5.91 Å². The molecule has 1 aliphatic rings. The second-order valence-corrected chi connectivity index (χ2v) is 3.48. The second-order valence-electron chi connectivity index (χ2n) is 3.48. The first-order valence-corrected chi connectivity index (χ1v) is 4.46. The first-order chi connectivity index (χ1) is 6.86. The van der Waals surface area contributed by atoms with Crippen molar-refractivity contribution in [2.75, 3.05) is 26.7 Å². The number of rotatable bonds is 3. The Morgan fingerprint density at radius 1 is 1.53 bits per heavy atom. The van der Waals surface area contributed by atoms with Gasteiger partial charge in [-0.25, -0.2) is 0 Å². The highest BCUT2D eigenvalue weighted by molar-refractivity contribution is 5.77. The summed E-state index contributed by atoms with van der Waals surface area (Å²) < 4.78 is 41.9. The number of nitrogens with zero attached hydrogens (tertiary/aromatic N) is 1. The number of carbonyl (C=O) groups excluding carboxylic acids is 1. The zero-order valence-corrected chi connectivity index (χ0v) is 8.30. The molecule has 0 radical (unpaired) electrons. The van der Waals surface area contributed by atoms with Gasteiger partial charge in [-0.2, -0.15) is 13.2 Å². The molecule has 2 N–H and O–H groups in total. The Morgan fingerprint density at radius 3 is 2.40 bits per heavy atom. The third-order valence-electron chi connectivity index (χ3n) is 2.51. The van der Waals surface area contributed by atoms with E-state index in [2.05, 4.69) is 4.74 Å². The van der Waals surface area contributed by atoms with Crippen molar-refractivity contribution in [3.63, 3.8) is 0 Å². The quantitative estimate of drug-likeness (QED) is 0.744. The highest BCUT2D eigenvalue weighted by Crippen LogP contribution is 2.40. The molecule has 88 valence electrons. The molecule has 0 bridgehead atoms. The van der Waals surface area contributed by atoms with E-state index >= 15 is 0 Å². The maximum Gasteiger partial charge on any atom is 0.420 e. The van der Waals surface area contributed by atoms with E-state index in [0.29, 0.717) is 0 Å². The van der Waals surface area contributed by atoms with E-state index in [9.17, 15) is 18.0 Å². The highest BCUT2D eigenvalue weighted by Gasteiger charge is 2.63. The number of hydrogen-bond acceptors (Lipinski definition) is 3. The summed E-state index contributed by atoms with van der Waals surface area (Å²) in [6.07, 6.45) is -4.38. The Labute approximate surface area is 85.2 Å². The molecule has 1 aliphatic heterocycles. The average Bonchev–Trinajstić information content (AvgIpc) is 2.00. The average molecular weight is 226 g/mol. The number of carbonyl (C=O) groups is 1. The maximum atomic E-state index is 12.5. The number of ether oxygens (including phenoxy) is 1. The van der Waals surface area contributed by atoms with Crippen molar-refractivity contribution in [2.24, 2.45) is 5.73 Å². The van der Waals surface area contributed by atoms with Crippen LogP contribution in [-0.4, -0.2) is 49.3 Å². The van der Waals surface area contributed by atoms with Gasteiger partial charge in [-0.3, -0.25) is 4.79 Å². The predicted octanol–water partition coefficient (Wildman–Crippen LogP) is 0.125. The van der Waals surface area contributed by atoms with E-state index < -0.39 is 24.9 Å². The Bertz CT molecular complexity index is 249. The predicted molar refractivity (Wildman–Crippen MR) is 46.0 cm³/mol. The van der Waals surface area contributed by atoms with Gasteiger partial charge < -0.3 is 15.4 Å². The molecule has 0 unspecified atom stereocenters. The molecule has 15 heavy (non-hydrogen) atoms. The van der Waals surface area contributed by atoms with E-state index in [4.69, 9.17) is 5.73 Å². The molecule has 1 fully saturated rings. The summed E-state index contributed by atoms with van der Waals surface area (Å²) in [4.78, 5) is 12.3. The van der Waals surface area contributed by atoms with E-state index in [0.717, 1.165) is 12.0 Å². The van der Waals surface area contributed by atoms with Crippen LogP contribution in [0.15, 0.2) is 0 Å². The summed E-state index contributed by atoms with van der Waals surface area (Å²) in [5.41, 5.74) is 2.95. The molecule has 1 amide bonds. The van der Waals surface area contributed by atoms with Crippen molar-refractivity contribution in [2.45, 2.75) is 18.2 Å². The lowest BCUT2D eigenvalue weighted by molar-refractivity contribution is -0.306. The molecular formula is C8H13F3N2O2. The summed E-state index contributed by atoms with van der Waals surface area (Å²) in [6, 6.07) is 0. The normalized spacial score (nSPS) is 19.9.